The average Bonchev–Trinajstić information content (AvgIpc) is 2.71. The van der Waals surface area contributed by atoms with Gasteiger partial charge in [-0.15, -0.1) is 11.3 Å². The lowest BCUT2D eigenvalue weighted by molar-refractivity contribution is 0.547. The molecule has 3 N–H and O–H groups in total. The van der Waals surface area contributed by atoms with E-state index in [9.17, 15) is 0 Å². The zero-order valence-corrected chi connectivity index (χ0v) is 13.6. The van der Waals surface area contributed by atoms with Gasteiger partial charge in [0.2, 0.25) is 0 Å². The first kappa shape index (κ1) is 14.3. The zero-order chi connectivity index (χ0) is 14.0. The van der Waals surface area contributed by atoms with E-state index in [-0.39, 0.29) is 5.41 Å². The number of rotatable bonds is 3. The van der Waals surface area contributed by atoms with Gasteiger partial charge in [0, 0.05) is 26.2 Å². The van der Waals surface area contributed by atoms with Crippen LogP contribution < -0.4 is 11.1 Å². The van der Waals surface area contributed by atoms with Gasteiger partial charge in [0.15, 0.2) is 0 Å². The third-order valence-electron chi connectivity index (χ3n) is 2.48. The summed E-state index contributed by atoms with van der Waals surface area (Å²) in [5.74, 6) is 2.01. The van der Waals surface area contributed by atoms with Crippen LogP contribution in [-0.4, -0.2) is 9.97 Å². The number of nitrogen functional groups attached to an aromatic ring is 1. The highest BCUT2D eigenvalue weighted by Gasteiger charge is 2.18. The van der Waals surface area contributed by atoms with Gasteiger partial charge in [-0.3, -0.25) is 0 Å². The van der Waals surface area contributed by atoms with Crippen LogP contribution in [0, 0.1) is 0 Å². The predicted octanol–water partition coefficient (Wildman–Crippen LogP) is 3.79. The first-order valence-corrected chi connectivity index (χ1v) is 7.64. The molecule has 0 radical (unpaired) electrons. The highest BCUT2D eigenvalue weighted by atomic mass is 79.9. The maximum absolute atomic E-state index is 5.83. The van der Waals surface area contributed by atoms with Crippen LogP contribution in [0.4, 0.5) is 11.6 Å². The van der Waals surface area contributed by atoms with Gasteiger partial charge in [-0.2, -0.15) is 0 Å². The number of hydrogen-bond donors (Lipinski definition) is 2. The normalized spacial score (nSPS) is 11.6. The van der Waals surface area contributed by atoms with Crippen molar-refractivity contribution < 1.29 is 0 Å². The van der Waals surface area contributed by atoms with Gasteiger partial charge in [-0.1, -0.05) is 20.8 Å². The second-order valence-electron chi connectivity index (χ2n) is 5.34. The third-order valence-corrected chi connectivity index (χ3v) is 4.18. The van der Waals surface area contributed by atoms with Crippen molar-refractivity contribution in [3.8, 4) is 0 Å². The molecule has 0 bridgehead atoms. The highest BCUT2D eigenvalue weighted by molar-refractivity contribution is 9.10. The van der Waals surface area contributed by atoms with Gasteiger partial charge in [0.25, 0.3) is 0 Å². The summed E-state index contributed by atoms with van der Waals surface area (Å²) >= 11 is 5.14. The lowest BCUT2D eigenvalue weighted by atomic mass is 9.96. The maximum atomic E-state index is 5.83. The Kier molecular flexibility index (Phi) is 4.10. The fourth-order valence-electron chi connectivity index (χ4n) is 1.52. The first-order chi connectivity index (χ1) is 8.84. The van der Waals surface area contributed by atoms with Crippen molar-refractivity contribution in [1.29, 1.82) is 0 Å². The number of hydrogen-bond acceptors (Lipinski definition) is 5. The summed E-state index contributed by atoms with van der Waals surface area (Å²) in [6, 6.07) is 3.85. The summed E-state index contributed by atoms with van der Waals surface area (Å²) in [6.07, 6.45) is 0. The summed E-state index contributed by atoms with van der Waals surface area (Å²) in [5, 5.41) is 5.35. The van der Waals surface area contributed by atoms with E-state index in [0.29, 0.717) is 5.82 Å². The summed E-state index contributed by atoms with van der Waals surface area (Å²) in [7, 11) is 0. The predicted molar refractivity (Wildman–Crippen MR) is 84.5 cm³/mol. The van der Waals surface area contributed by atoms with Crippen molar-refractivity contribution in [3.05, 3.63) is 32.7 Å². The third kappa shape index (κ3) is 3.91. The molecule has 0 atom stereocenters. The smallest absolute Gasteiger partial charge is 0.138 e. The minimum Gasteiger partial charge on any atom is -0.384 e. The Morgan fingerprint density at radius 2 is 2.05 bits per heavy atom. The first-order valence-electron chi connectivity index (χ1n) is 5.96. The van der Waals surface area contributed by atoms with Crippen LogP contribution in [-0.2, 0) is 12.0 Å². The maximum Gasteiger partial charge on any atom is 0.138 e. The fourth-order valence-corrected chi connectivity index (χ4v) is 2.91. The Morgan fingerprint density at radius 1 is 1.32 bits per heavy atom. The van der Waals surface area contributed by atoms with Crippen LogP contribution in [0.15, 0.2) is 22.0 Å². The molecular weight excluding hydrogens is 324 g/mol. The number of halogens is 1. The zero-order valence-electron chi connectivity index (χ0n) is 11.2. The molecule has 0 saturated carbocycles. The largest absolute Gasteiger partial charge is 0.384 e. The molecule has 4 nitrogen and oxygen atoms in total. The van der Waals surface area contributed by atoms with Crippen LogP contribution in [0.5, 0.6) is 0 Å². The van der Waals surface area contributed by atoms with Crippen LogP contribution >= 0.6 is 27.3 Å². The van der Waals surface area contributed by atoms with Gasteiger partial charge in [0.05, 0.1) is 6.54 Å². The van der Waals surface area contributed by atoms with E-state index in [1.165, 1.54) is 4.88 Å². The van der Waals surface area contributed by atoms with E-state index in [4.69, 9.17) is 5.73 Å². The van der Waals surface area contributed by atoms with E-state index < -0.39 is 0 Å². The average molecular weight is 341 g/mol. The molecule has 0 saturated heterocycles. The summed E-state index contributed by atoms with van der Waals surface area (Å²) < 4.78 is 1.10. The number of nitrogens with two attached hydrogens (primary N) is 1. The fraction of sp³-hybridized carbons (Fsp3) is 0.385. The van der Waals surface area contributed by atoms with Crippen molar-refractivity contribution in [3.63, 3.8) is 0 Å². The molecule has 0 spiro atoms. The molecule has 0 aliphatic carbocycles. The van der Waals surface area contributed by atoms with Crippen molar-refractivity contribution in [1.82, 2.24) is 9.97 Å². The molecule has 0 amide bonds. The molecule has 2 heterocycles. The standard InChI is InChI=1S/C13H17BrN4S/c1-13(2,3)12-17-10(15)5-11(18-12)16-6-9-4-8(14)7-19-9/h4-5,7H,6H2,1-3H3,(H3,15,16,17,18). The van der Waals surface area contributed by atoms with Crippen LogP contribution in [0.25, 0.3) is 0 Å². The number of thiophene rings is 1. The Bertz CT molecular complexity index is 574. The Balaban J connectivity index is 2.14. The van der Waals surface area contributed by atoms with E-state index in [0.717, 1.165) is 22.7 Å². The van der Waals surface area contributed by atoms with Gasteiger partial charge < -0.3 is 11.1 Å². The Morgan fingerprint density at radius 3 is 2.63 bits per heavy atom. The molecule has 102 valence electrons. The van der Waals surface area contributed by atoms with Gasteiger partial charge in [-0.05, 0) is 22.0 Å². The monoisotopic (exact) mass is 340 g/mol. The van der Waals surface area contributed by atoms with Crippen molar-refractivity contribution in [2.45, 2.75) is 32.7 Å². The minimum absolute atomic E-state index is 0.113. The molecule has 6 heteroatoms. The second kappa shape index (κ2) is 5.46. The summed E-state index contributed by atoms with van der Waals surface area (Å²) in [5.41, 5.74) is 5.72. The number of nitrogens with zero attached hydrogens (tertiary/aromatic N) is 2. The molecule has 2 rings (SSSR count). The van der Waals surface area contributed by atoms with Gasteiger partial charge >= 0.3 is 0 Å². The van der Waals surface area contributed by atoms with Crippen molar-refractivity contribution >= 4 is 38.9 Å². The molecular formula is C13H17BrN4S. The molecule has 0 fully saturated rings. The van der Waals surface area contributed by atoms with E-state index in [1.807, 2.05) is 0 Å². The van der Waals surface area contributed by atoms with Crippen molar-refractivity contribution in [2.75, 3.05) is 11.1 Å². The van der Waals surface area contributed by atoms with Gasteiger partial charge in [0.1, 0.15) is 17.5 Å². The van der Waals surface area contributed by atoms with Crippen LogP contribution in [0.1, 0.15) is 31.5 Å². The summed E-state index contributed by atoms with van der Waals surface area (Å²) in [6.45, 7) is 6.95. The number of nitrogens with one attached hydrogen (secondary N) is 1. The summed E-state index contributed by atoms with van der Waals surface area (Å²) in [4.78, 5) is 10.0. The number of aromatic nitrogens is 2. The van der Waals surface area contributed by atoms with E-state index >= 15 is 0 Å². The topological polar surface area (TPSA) is 63.8 Å². The Labute approximate surface area is 125 Å². The lowest BCUT2D eigenvalue weighted by Gasteiger charge is -2.18. The minimum atomic E-state index is -0.113. The molecule has 0 aliphatic rings. The quantitative estimate of drug-likeness (QED) is 0.891. The van der Waals surface area contributed by atoms with Crippen LogP contribution in [0.3, 0.4) is 0 Å². The van der Waals surface area contributed by atoms with Crippen LogP contribution in [0.2, 0.25) is 0 Å². The molecule has 19 heavy (non-hydrogen) atoms. The molecule has 0 aliphatic heterocycles. The SMILES string of the molecule is CC(C)(C)c1nc(N)cc(NCc2cc(Br)cs2)n1. The van der Waals surface area contributed by atoms with E-state index in [1.54, 1.807) is 17.4 Å². The van der Waals surface area contributed by atoms with E-state index in [2.05, 4.69) is 63.4 Å². The molecule has 0 unspecified atom stereocenters. The molecule has 2 aromatic heterocycles. The second-order valence-corrected chi connectivity index (χ2v) is 7.25. The van der Waals surface area contributed by atoms with Gasteiger partial charge in [-0.25, -0.2) is 9.97 Å². The number of anilines is 2. The molecule has 2 aromatic rings. The lowest BCUT2D eigenvalue weighted by Crippen LogP contribution is -2.18. The molecule has 0 aromatic carbocycles. The highest BCUT2D eigenvalue weighted by Crippen LogP contribution is 2.23. The Hall–Kier alpha value is -1.14. The van der Waals surface area contributed by atoms with Crippen molar-refractivity contribution in [2.24, 2.45) is 0 Å².